The van der Waals surface area contributed by atoms with Crippen molar-refractivity contribution < 1.29 is 15.0 Å². The van der Waals surface area contributed by atoms with Crippen LogP contribution in [0.3, 0.4) is 0 Å². The molecule has 0 aliphatic carbocycles. The van der Waals surface area contributed by atoms with Crippen molar-refractivity contribution in [2.45, 2.75) is 411 Å². The van der Waals surface area contributed by atoms with Gasteiger partial charge in [-0.05, 0) is 57.8 Å². The number of hydrogen-bond acceptors (Lipinski definition) is 3. The van der Waals surface area contributed by atoms with Gasteiger partial charge >= 0.3 is 0 Å². The van der Waals surface area contributed by atoms with E-state index in [0.29, 0.717) is 6.42 Å². The first-order valence-electron chi connectivity index (χ1n) is 36.5. The molecule has 0 radical (unpaired) electrons. The Bertz CT molecular complexity index is 1310. The van der Waals surface area contributed by atoms with Crippen LogP contribution >= 0.6 is 0 Å². The normalized spacial score (nSPS) is 13.0. The Labute approximate surface area is 502 Å². The number of aliphatic hydroxyl groups is 2. The van der Waals surface area contributed by atoms with E-state index in [1.165, 1.54) is 327 Å². The van der Waals surface area contributed by atoms with Crippen molar-refractivity contribution in [1.82, 2.24) is 5.32 Å². The zero-order chi connectivity index (χ0) is 57.6. The summed E-state index contributed by atoms with van der Waals surface area (Å²) in [6.45, 7) is 4.24. The number of unbranched alkanes of at least 4 members (excludes halogenated alkanes) is 53. The predicted octanol–water partition coefficient (Wildman–Crippen LogP) is 25.1. The van der Waals surface area contributed by atoms with Crippen molar-refractivity contribution in [3.8, 4) is 0 Å². The van der Waals surface area contributed by atoms with Crippen molar-refractivity contribution >= 4 is 5.91 Å². The lowest BCUT2D eigenvalue weighted by molar-refractivity contribution is -0.123. The third-order valence-electron chi connectivity index (χ3n) is 17.0. The number of allylic oxidation sites excluding steroid dienone is 9. The SMILES string of the molecule is CC/C=C\C/C=C\C/C=C\C/C=C\CCCCCCCCCCCCCCCCCCCCCCCCCCC(=O)NC(CO)C(O)/C=C/CCCCCCCCCCCCCCCCCCCCCCCCCCCCCCC. The van der Waals surface area contributed by atoms with Crippen molar-refractivity contribution in [3.63, 3.8) is 0 Å². The summed E-state index contributed by atoms with van der Waals surface area (Å²) in [5, 5.41) is 23.3. The van der Waals surface area contributed by atoms with E-state index in [2.05, 4.69) is 67.8 Å². The van der Waals surface area contributed by atoms with E-state index in [9.17, 15) is 15.0 Å². The van der Waals surface area contributed by atoms with Gasteiger partial charge in [0, 0.05) is 6.42 Å². The molecule has 2 unspecified atom stereocenters. The Hall–Kier alpha value is -1.91. The molecule has 0 fully saturated rings. The summed E-state index contributed by atoms with van der Waals surface area (Å²) in [6.07, 6.45) is 102. The molecule has 80 heavy (non-hydrogen) atoms. The Morgan fingerprint density at radius 3 is 0.825 bits per heavy atom. The highest BCUT2D eigenvalue weighted by atomic mass is 16.3. The minimum atomic E-state index is -0.841. The third-order valence-corrected chi connectivity index (χ3v) is 17.0. The summed E-state index contributed by atoms with van der Waals surface area (Å²) in [7, 11) is 0. The molecule has 1 amide bonds. The van der Waals surface area contributed by atoms with Gasteiger partial charge in [0.15, 0.2) is 0 Å². The highest BCUT2D eigenvalue weighted by Crippen LogP contribution is 2.19. The fraction of sp³-hybridized carbons (Fsp3) is 0.855. The van der Waals surface area contributed by atoms with Crippen molar-refractivity contribution in [1.29, 1.82) is 0 Å². The van der Waals surface area contributed by atoms with E-state index in [1.54, 1.807) is 6.08 Å². The van der Waals surface area contributed by atoms with Gasteiger partial charge in [0.25, 0.3) is 0 Å². The van der Waals surface area contributed by atoms with E-state index in [0.717, 1.165) is 51.4 Å². The van der Waals surface area contributed by atoms with Crippen LogP contribution in [0.4, 0.5) is 0 Å². The average Bonchev–Trinajstić information content (AvgIpc) is 3.46. The average molecular weight is 1120 g/mol. The van der Waals surface area contributed by atoms with Crippen LogP contribution in [0, 0.1) is 0 Å². The smallest absolute Gasteiger partial charge is 0.220 e. The van der Waals surface area contributed by atoms with Gasteiger partial charge < -0.3 is 15.5 Å². The van der Waals surface area contributed by atoms with E-state index in [-0.39, 0.29) is 12.5 Å². The summed E-state index contributed by atoms with van der Waals surface area (Å²) in [4.78, 5) is 12.6. The van der Waals surface area contributed by atoms with E-state index >= 15 is 0 Å². The van der Waals surface area contributed by atoms with E-state index in [4.69, 9.17) is 0 Å². The lowest BCUT2D eigenvalue weighted by Gasteiger charge is -2.20. The Morgan fingerprint density at radius 1 is 0.312 bits per heavy atom. The quantitative estimate of drug-likeness (QED) is 0.0420. The molecule has 0 rings (SSSR count). The molecule has 4 heteroatoms. The van der Waals surface area contributed by atoms with Gasteiger partial charge in [-0.15, -0.1) is 0 Å². The number of aliphatic hydroxyl groups excluding tert-OH is 2. The molecule has 0 aromatic rings. The number of carbonyl (C=O) groups excluding carboxylic acids is 1. The molecule has 4 nitrogen and oxygen atoms in total. The molecule has 0 saturated carbocycles. The maximum atomic E-state index is 12.6. The Kier molecular flexibility index (Phi) is 69.6. The van der Waals surface area contributed by atoms with Gasteiger partial charge in [-0.1, -0.05) is 396 Å². The number of nitrogens with one attached hydrogen (secondary N) is 1. The molecule has 0 aliphatic heterocycles. The summed E-state index contributed by atoms with van der Waals surface area (Å²) < 4.78 is 0. The van der Waals surface area contributed by atoms with Crippen molar-refractivity contribution in [2.75, 3.05) is 6.61 Å². The van der Waals surface area contributed by atoms with Gasteiger partial charge in [0.1, 0.15) is 0 Å². The van der Waals surface area contributed by atoms with Gasteiger partial charge in [-0.3, -0.25) is 4.79 Å². The van der Waals surface area contributed by atoms with Crippen LogP contribution in [0.15, 0.2) is 60.8 Å². The summed E-state index contributed by atoms with van der Waals surface area (Å²) in [6, 6.07) is -0.624. The molecule has 0 heterocycles. The highest BCUT2D eigenvalue weighted by molar-refractivity contribution is 5.76. The number of rotatable bonds is 68. The fourth-order valence-electron chi connectivity index (χ4n) is 11.5. The minimum Gasteiger partial charge on any atom is -0.394 e. The van der Waals surface area contributed by atoms with Crippen LogP contribution in [-0.2, 0) is 4.79 Å². The molecule has 0 spiro atoms. The second-order valence-electron chi connectivity index (χ2n) is 25.0. The van der Waals surface area contributed by atoms with Gasteiger partial charge in [-0.25, -0.2) is 0 Å². The minimum absolute atomic E-state index is 0.0559. The Morgan fingerprint density at radius 2 is 0.550 bits per heavy atom. The maximum absolute atomic E-state index is 12.6. The third kappa shape index (κ3) is 66.9. The van der Waals surface area contributed by atoms with Crippen LogP contribution in [0.1, 0.15) is 399 Å². The van der Waals surface area contributed by atoms with Gasteiger partial charge in [0.2, 0.25) is 5.91 Å². The zero-order valence-corrected chi connectivity index (χ0v) is 54.4. The number of carbonyl (C=O) groups is 1. The van der Waals surface area contributed by atoms with Gasteiger partial charge in [0.05, 0.1) is 18.8 Å². The molecular weight excluding hydrogens is 975 g/mol. The number of amides is 1. The Balaban J connectivity index is 3.41. The molecule has 0 aliphatic rings. The molecule has 0 saturated heterocycles. The van der Waals surface area contributed by atoms with Crippen molar-refractivity contribution in [3.05, 3.63) is 60.8 Å². The van der Waals surface area contributed by atoms with Crippen molar-refractivity contribution in [2.24, 2.45) is 0 Å². The van der Waals surface area contributed by atoms with Gasteiger partial charge in [-0.2, -0.15) is 0 Å². The lowest BCUT2D eigenvalue weighted by atomic mass is 10.0. The molecular formula is C76H143NO3. The first-order valence-corrected chi connectivity index (χ1v) is 36.5. The summed E-state index contributed by atoms with van der Waals surface area (Å²) in [5.74, 6) is -0.0559. The second-order valence-corrected chi connectivity index (χ2v) is 25.0. The van der Waals surface area contributed by atoms with Crippen LogP contribution in [0.2, 0.25) is 0 Å². The largest absolute Gasteiger partial charge is 0.394 e. The molecule has 3 N–H and O–H groups in total. The second kappa shape index (κ2) is 71.4. The topological polar surface area (TPSA) is 69.6 Å². The molecule has 0 aromatic carbocycles. The van der Waals surface area contributed by atoms with E-state index in [1.807, 2.05) is 6.08 Å². The predicted molar refractivity (Wildman–Crippen MR) is 359 cm³/mol. The molecule has 2 atom stereocenters. The first-order chi connectivity index (χ1) is 39.7. The standard InChI is InChI=1S/C76H143NO3/c1-3-5-7-9-11-13-15-17-19-21-23-25-27-29-31-33-35-36-37-38-39-40-42-44-46-48-50-52-54-56-58-60-62-64-66-68-70-72-76(80)77-74(73-78)75(79)71-69-67-65-63-61-59-57-55-53-51-49-47-45-43-41-34-32-30-28-26-24-22-20-18-16-14-12-10-8-6-4-2/h5,7,11,13,17,19,23,25,69,71,74-75,78-79H,3-4,6,8-10,12,14-16,18,20-22,24,26-68,70,72-73H2,1-2H3,(H,77,80)/b7-5-,13-11-,19-17-,25-23-,71-69+. The van der Waals surface area contributed by atoms with Crippen LogP contribution in [-0.4, -0.2) is 34.9 Å². The van der Waals surface area contributed by atoms with Crippen LogP contribution in [0.25, 0.3) is 0 Å². The van der Waals surface area contributed by atoms with E-state index < -0.39 is 12.1 Å². The fourth-order valence-corrected chi connectivity index (χ4v) is 11.5. The number of hydrogen-bond donors (Lipinski definition) is 3. The zero-order valence-electron chi connectivity index (χ0n) is 54.4. The monoisotopic (exact) mass is 1120 g/mol. The first kappa shape index (κ1) is 78.1. The van der Waals surface area contributed by atoms with Crippen LogP contribution in [0.5, 0.6) is 0 Å². The summed E-state index contributed by atoms with van der Waals surface area (Å²) in [5.41, 5.74) is 0. The maximum Gasteiger partial charge on any atom is 0.220 e. The van der Waals surface area contributed by atoms with Crippen LogP contribution < -0.4 is 5.32 Å². The highest BCUT2D eigenvalue weighted by Gasteiger charge is 2.18. The molecule has 0 aromatic heterocycles. The molecule has 0 bridgehead atoms. The lowest BCUT2D eigenvalue weighted by Crippen LogP contribution is -2.45. The summed E-state index contributed by atoms with van der Waals surface area (Å²) >= 11 is 0. The molecule has 470 valence electrons.